The number of Topliss-reactive ketones (excluding diaryl/α,β-unsaturated/α-hetero) is 1. The molecule has 2 atom stereocenters. The molecule has 0 aliphatic carbocycles. The average Bonchev–Trinajstić information content (AvgIpc) is 3.41. The number of ketones is 1. The number of nitrogens with one attached hydrogen (secondary N) is 1. The molecule has 29 heavy (non-hydrogen) atoms. The quantitative estimate of drug-likeness (QED) is 0.343. The van der Waals surface area contributed by atoms with E-state index in [-0.39, 0.29) is 11.9 Å². The smallest absolute Gasteiger partial charge is 0.339 e. The molecular weight excluding hydrogens is 386 g/mol. The molecule has 1 N–H and O–H groups in total. The second kappa shape index (κ2) is 8.84. The Hall–Kier alpha value is -2.57. The van der Waals surface area contributed by atoms with Gasteiger partial charge in [0, 0.05) is 39.9 Å². The van der Waals surface area contributed by atoms with E-state index in [1.807, 2.05) is 36.4 Å². The normalized spacial score (nSPS) is 17.3. The third-order valence-electron chi connectivity index (χ3n) is 5.06. The molecule has 1 aliphatic heterocycles. The number of hydrogen-bond acceptors (Lipinski definition) is 5. The van der Waals surface area contributed by atoms with Crippen molar-refractivity contribution in [1.29, 1.82) is 0 Å². The number of carbonyl (C=O) groups excluding carboxylic acids is 2. The van der Waals surface area contributed by atoms with Crippen molar-refractivity contribution in [3.8, 4) is 0 Å². The minimum Gasteiger partial charge on any atom is -0.451 e. The van der Waals surface area contributed by atoms with Gasteiger partial charge in [0.15, 0.2) is 6.10 Å². The largest absolute Gasteiger partial charge is 0.451 e. The molecule has 0 radical (unpaired) electrons. The number of fused-ring (bicyclic) bond motifs is 1. The zero-order valence-corrected chi connectivity index (χ0v) is 17.0. The zero-order valence-electron chi connectivity index (χ0n) is 16.2. The number of para-hydroxylation sites is 1. The Bertz CT molecular complexity index is 1020. The minimum absolute atomic E-state index is 0.222. The monoisotopic (exact) mass is 409 g/mol. The number of rotatable bonds is 7. The molecule has 2 heterocycles. The van der Waals surface area contributed by atoms with Gasteiger partial charge in [-0.25, -0.2) is 4.79 Å². The van der Waals surface area contributed by atoms with Gasteiger partial charge in [0.05, 0.1) is 11.7 Å². The van der Waals surface area contributed by atoms with E-state index in [0.29, 0.717) is 11.1 Å². The second-order valence-corrected chi connectivity index (χ2v) is 8.16. The predicted molar refractivity (Wildman–Crippen MR) is 114 cm³/mol. The van der Waals surface area contributed by atoms with Crippen molar-refractivity contribution in [2.45, 2.75) is 36.9 Å². The standard InChI is InChI=1S/C23H23NO4S/c1-15(22(25)19-13-24-20-10-4-2-8-17(19)20)28-23(26)18-9-3-5-11-21(18)29-14-16-7-6-12-27-16/h2-5,8-11,13,15-16,24H,6-7,12,14H2,1H3/t15-,16+/m0/s1. The predicted octanol–water partition coefficient (Wildman–Crippen LogP) is 4.87. The lowest BCUT2D eigenvalue weighted by Gasteiger charge is -2.15. The van der Waals surface area contributed by atoms with Crippen LogP contribution in [0, 0.1) is 0 Å². The number of hydrogen-bond donors (Lipinski definition) is 1. The molecule has 2 aromatic carbocycles. The zero-order chi connectivity index (χ0) is 20.2. The van der Waals surface area contributed by atoms with Gasteiger partial charge in [-0.3, -0.25) is 4.79 Å². The van der Waals surface area contributed by atoms with Crippen LogP contribution in [0.4, 0.5) is 0 Å². The molecule has 0 unspecified atom stereocenters. The summed E-state index contributed by atoms with van der Waals surface area (Å²) in [4.78, 5) is 29.6. The fraction of sp³-hybridized carbons (Fsp3) is 0.304. The third-order valence-corrected chi connectivity index (χ3v) is 6.27. The molecule has 150 valence electrons. The van der Waals surface area contributed by atoms with Crippen LogP contribution in [-0.2, 0) is 9.47 Å². The van der Waals surface area contributed by atoms with Crippen molar-refractivity contribution in [2.75, 3.05) is 12.4 Å². The van der Waals surface area contributed by atoms with E-state index < -0.39 is 12.1 Å². The van der Waals surface area contributed by atoms with E-state index >= 15 is 0 Å². The van der Waals surface area contributed by atoms with Gasteiger partial charge >= 0.3 is 5.97 Å². The molecule has 0 amide bonds. The van der Waals surface area contributed by atoms with Crippen LogP contribution >= 0.6 is 11.8 Å². The molecule has 4 rings (SSSR count). The van der Waals surface area contributed by atoms with Crippen molar-refractivity contribution in [3.05, 3.63) is 65.9 Å². The van der Waals surface area contributed by atoms with Crippen molar-refractivity contribution in [1.82, 2.24) is 4.98 Å². The van der Waals surface area contributed by atoms with Crippen LogP contribution in [0.2, 0.25) is 0 Å². The van der Waals surface area contributed by atoms with Gasteiger partial charge in [-0.1, -0.05) is 30.3 Å². The molecule has 0 spiro atoms. The van der Waals surface area contributed by atoms with E-state index in [2.05, 4.69) is 4.98 Å². The maximum absolute atomic E-state index is 12.9. The van der Waals surface area contributed by atoms with Gasteiger partial charge in [-0.05, 0) is 38.0 Å². The molecule has 6 heteroatoms. The Kier molecular flexibility index (Phi) is 6.02. The Balaban J connectivity index is 1.45. The fourth-order valence-electron chi connectivity index (χ4n) is 3.49. The highest BCUT2D eigenvalue weighted by molar-refractivity contribution is 7.99. The maximum Gasteiger partial charge on any atom is 0.339 e. The summed E-state index contributed by atoms with van der Waals surface area (Å²) in [5.41, 5.74) is 1.89. The second-order valence-electron chi connectivity index (χ2n) is 7.10. The first-order chi connectivity index (χ1) is 14.1. The summed E-state index contributed by atoms with van der Waals surface area (Å²) in [6.07, 6.45) is 3.16. The van der Waals surface area contributed by atoms with Crippen LogP contribution < -0.4 is 0 Å². The first kappa shape index (κ1) is 19.7. The third kappa shape index (κ3) is 4.38. The van der Waals surface area contributed by atoms with E-state index in [4.69, 9.17) is 9.47 Å². The molecular formula is C23H23NO4S. The van der Waals surface area contributed by atoms with Gasteiger partial charge in [0.2, 0.25) is 5.78 Å². The first-order valence-corrected chi connectivity index (χ1v) is 10.8. The number of thioether (sulfide) groups is 1. The van der Waals surface area contributed by atoms with Crippen LogP contribution in [0.15, 0.2) is 59.6 Å². The summed E-state index contributed by atoms with van der Waals surface area (Å²) in [6, 6.07) is 14.9. The summed E-state index contributed by atoms with van der Waals surface area (Å²) in [6.45, 7) is 2.42. The van der Waals surface area contributed by atoms with E-state index in [0.717, 1.165) is 41.0 Å². The number of carbonyl (C=O) groups is 2. The van der Waals surface area contributed by atoms with Gasteiger partial charge in [-0.15, -0.1) is 11.8 Å². The minimum atomic E-state index is -0.877. The summed E-state index contributed by atoms with van der Waals surface area (Å²) >= 11 is 1.59. The maximum atomic E-state index is 12.9. The number of esters is 1. The Morgan fingerprint density at radius 1 is 1.17 bits per heavy atom. The summed E-state index contributed by atoms with van der Waals surface area (Å²) in [5, 5.41) is 0.827. The molecule has 1 aliphatic rings. The first-order valence-electron chi connectivity index (χ1n) is 9.78. The molecule has 0 saturated carbocycles. The van der Waals surface area contributed by atoms with Gasteiger partial charge in [0.1, 0.15) is 0 Å². The summed E-state index contributed by atoms with van der Waals surface area (Å²) in [5.74, 6) is 0.0927. The average molecular weight is 410 g/mol. The summed E-state index contributed by atoms with van der Waals surface area (Å²) in [7, 11) is 0. The molecule has 3 aromatic rings. The highest BCUT2D eigenvalue weighted by Gasteiger charge is 2.24. The number of ether oxygens (including phenoxy) is 2. The van der Waals surface area contributed by atoms with Crippen molar-refractivity contribution in [3.63, 3.8) is 0 Å². The van der Waals surface area contributed by atoms with E-state index in [1.54, 1.807) is 37.0 Å². The van der Waals surface area contributed by atoms with E-state index in [1.165, 1.54) is 0 Å². The van der Waals surface area contributed by atoms with Crippen LogP contribution in [-0.4, -0.2) is 41.3 Å². The van der Waals surface area contributed by atoms with Crippen LogP contribution in [0.3, 0.4) is 0 Å². The van der Waals surface area contributed by atoms with Crippen LogP contribution in [0.5, 0.6) is 0 Å². The molecule has 1 aromatic heterocycles. The lowest BCUT2D eigenvalue weighted by Crippen LogP contribution is -2.24. The Morgan fingerprint density at radius 2 is 1.97 bits per heavy atom. The van der Waals surface area contributed by atoms with Crippen molar-refractivity contribution in [2.24, 2.45) is 0 Å². The van der Waals surface area contributed by atoms with Crippen molar-refractivity contribution >= 4 is 34.4 Å². The molecule has 1 saturated heterocycles. The van der Waals surface area contributed by atoms with Gasteiger partial charge in [-0.2, -0.15) is 0 Å². The summed E-state index contributed by atoms with van der Waals surface area (Å²) < 4.78 is 11.2. The topological polar surface area (TPSA) is 68.4 Å². The highest BCUT2D eigenvalue weighted by Crippen LogP contribution is 2.28. The molecule has 0 bridgehead atoms. The number of H-pyrrole nitrogens is 1. The fourth-order valence-corrected chi connectivity index (χ4v) is 4.60. The lowest BCUT2D eigenvalue weighted by molar-refractivity contribution is 0.0316. The molecule has 5 nitrogen and oxygen atoms in total. The lowest BCUT2D eigenvalue weighted by atomic mass is 10.1. The SMILES string of the molecule is C[C@H](OC(=O)c1ccccc1SC[C@H]1CCCO1)C(=O)c1c[nH]c2ccccc12. The van der Waals surface area contributed by atoms with E-state index in [9.17, 15) is 9.59 Å². The Labute approximate surface area is 173 Å². The van der Waals surface area contributed by atoms with Crippen LogP contribution in [0.1, 0.15) is 40.5 Å². The van der Waals surface area contributed by atoms with Crippen LogP contribution in [0.25, 0.3) is 10.9 Å². The Morgan fingerprint density at radius 3 is 2.79 bits per heavy atom. The number of aromatic amines is 1. The number of benzene rings is 2. The van der Waals surface area contributed by atoms with Gasteiger partial charge in [0.25, 0.3) is 0 Å². The number of aromatic nitrogens is 1. The van der Waals surface area contributed by atoms with Crippen molar-refractivity contribution < 1.29 is 19.1 Å². The highest BCUT2D eigenvalue weighted by atomic mass is 32.2. The molecule has 1 fully saturated rings. The van der Waals surface area contributed by atoms with Gasteiger partial charge < -0.3 is 14.5 Å².